The number of hydrogen-bond acceptors (Lipinski definition) is 6. The maximum absolute atomic E-state index is 13.0. The van der Waals surface area contributed by atoms with Gasteiger partial charge < -0.3 is 10.1 Å². The van der Waals surface area contributed by atoms with Crippen LogP contribution in [0.25, 0.3) is 10.1 Å². The zero-order valence-electron chi connectivity index (χ0n) is 16.3. The highest BCUT2D eigenvalue weighted by molar-refractivity contribution is 7.91. The van der Waals surface area contributed by atoms with Gasteiger partial charge in [0.25, 0.3) is 5.91 Å². The molecule has 158 valence electrons. The summed E-state index contributed by atoms with van der Waals surface area (Å²) in [5.41, 5.74) is 0.770. The Balaban J connectivity index is 1.48. The zero-order chi connectivity index (χ0) is 22.0. The van der Waals surface area contributed by atoms with Gasteiger partial charge in [-0.25, -0.2) is 8.42 Å². The lowest BCUT2D eigenvalue weighted by atomic mass is 10.2. The number of amides is 1. The van der Waals surface area contributed by atoms with Gasteiger partial charge in [0.05, 0.1) is 31.5 Å². The molecular weight excluding hydrogens is 456 g/mol. The van der Waals surface area contributed by atoms with Crippen LogP contribution in [-0.4, -0.2) is 26.4 Å². The number of sulfone groups is 1. The Morgan fingerprint density at radius 3 is 2.61 bits per heavy atom. The normalized spacial score (nSPS) is 11.4. The SMILES string of the molecule is COc1ccc(Cl)c(S(=O)(=O)c2ccc(CNC(=O)c3cc4ccncc4s3)cc2)c1. The molecule has 0 bridgehead atoms. The van der Waals surface area contributed by atoms with E-state index in [1.165, 1.54) is 42.7 Å². The Hall–Kier alpha value is -2.94. The fraction of sp³-hybridized carbons (Fsp3) is 0.0909. The molecule has 4 aromatic rings. The smallest absolute Gasteiger partial charge is 0.261 e. The van der Waals surface area contributed by atoms with E-state index < -0.39 is 9.84 Å². The third-order valence-corrected chi connectivity index (χ3v) is 8.00. The second-order valence-corrected chi connectivity index (χ2v) is 10.1. The summed E-state index contributed by atoms with van der Waals surface area (Å²) in [7, 11) is -2.35. The maximum atomic E-state index is 13.0. The summed E-state index contributed by atoms with van der Waals surface area (Å²) in [6, 6.07) is 14.5. The summed E-state index contributed by atoms with van der Waals surface area (Å²) < 4.78 is 32.0. The number of aromatic nitrogens is 1. The van der Waals surface area contributed by atoms with Gasteiger partial charge in [-0.1, -0.05) is 23.7 Å². The van der Waals surface area contributed by atoms with E-state index in [4.69, 9.17) is 16.3 Å². The molecule has 0 aliphatic rings. The molecular formula is C22H17ClN2O4S2. The largest absolute Gasteiger partial charge is 0.497 e. The molecule has 1 amide bonds. The fourth-order valence-corrected chi connectivity index (χ4v) is 5.71. The van der Waals surface area contributed by atoms with Gasteiger partial charge in [-0.3, -0.25) is 9.78 Å². The highest BCUT2D eigenvalue weighted by Crippen LogP contribution is 2.31. The number of pyridine rings is 1. The summed E-state index contributed by atoms with van der Waals surface area (Å²) in [4.78, 5) is 17.2. The van der Waals surface area contributed by atoms with E-state index >= 15 is 0 Å². The second kappa shape index (κ2) is 8.66. The van der Waals surface area contributed by atoms with E-state index in [1.807, 2.05) is 12.1 Å². The van der Waals surface area contributed by atoms with Crippen molar-refractivity contribution in [3.63, 3.8) is 0 Å². The van der Waals surface area contributed by atoms with Crippen LogP contribution in [0.4, 0.5) is 0 Å². The Bertz CT molecular complexity index is 1330. The molecule has 0 atom stereocenters. The predicted octanol–water partition coefficient (Wildman–Crippen LogP) is 4.72. The van der Waals surface area contributed by atoms with Crippen LogP contribution >= 0.6 is 22.9 Å². The van der Waals surface area contributed by atoms with Crippen LogP contribution in [-0.2, 0) is 16.4 Å². The molecule has 6 nitrogen and oxygen atoms in total. The number of hydrogen-bond donors (Lipinski definition) is 1. The first-order chi connectivity index (χ1) is 14.9. The maximum Gasteiger partial charge on any atom is 0.261 e. The second-order valence-electron chi connectivity index (χ2n) is 6.65. The van der Waals surface area contributed by atoms with Crippen LogP contribution in [0.1, 0.15) is 15.2 Å². The third-order valence-electron chi connectivity index (χ3n) is 4.66. The lowest BCUT2D eigenvalue weighted by Gasteiger charge is -2.10. The summed E-state index contributed by atoms with van der Waals surface area (Å²) in [6.07, 6.45) is 3.41. The number of fused-ring (bicyclic) bond motifs is 1. The molecule has 2 aromatic carbocycles. The molecule has 0 spiro atoms. The van der Waals surface area contributed by atoms with Gasteiger partial charge in [0, 0.05) is 25.0 Å². The number of carbonyl (C=O) groups excluding carboxylic acids is 1. The van der Waals surface area contributed by atoms with E-state index in [0.29, 0.717) is 10.6 Å². The minimum absolute atomic E-state index is 0.0196. The third kappa shape index (κ3) is 4.41. The van der Waals surface area contributed by atoms with Crippen molar-refractivity contribution < 1.29 is 17.9 Å². The predicted molar refractivity (Wildman–Crippen MR) is 121 cm³/mol. The molecule has 0 radical (unpaired) electrons. The van der Waals surface area contributed by atoms with Gasteiger partial charge >= 0.3 is 0 Å². The topological polar surface area (TPSA) is 85.4 Å². The molecule has 0 saturated carbocycles. The highest BCUT2D eigenvalue weighted by Gasteiger charge is 2.21. The van der Waals surface area contributed by atoms with Crippen molar-refractivity contribution in [2.45, 2.75) is 16.3 Å². The van der Waals surface area contributed by atoms with Crippen molar-refractivity contribution in [1.29, 1.82) is 0 Å². The number of benzene rings is 2. The molecule has 4 rings (SSSR count). The van der Waals surface area contributed by atoms with E-state index in [0.717, 1.165) is 15.6 Å². The monoisotopic (exact) mass is 472 g/mol. The average molecular weight is 473 g/mol. The van der Waals surface area contributed by atoms with E-state index in [9.17, 15) is 13.2 Å². The number of nitrogens with one attached hydrogen (secondary N) is 1. The molecule has 31 heavy (non-hydrogen) atoms. The number of methoxy groups -OCH3 is 1. The summed E-state index contributed by atoms with van der Waals surface area (Å²) in [6.45, 7) is 0.269. The molecule has 0 unspecified atom stereocenters. The molecule has 9 heteroatoms. The van der Waals surface area contributed by atoms with Crippen molar-refractivity contribution in [3.8, 4) is 5.75 Å². The van der Waals surface area contributed by atoms with Crippen LogP contribution in [0.2, 0.25) is 5.02 Å². The summed E-state index contributed by atoms with van der Waals surface area (Å²) in [5, 5.41) is 3.94. The Labute approximate surface area is 188 Å². The van der Waals surface area contributed by atoms with E-state index in [2.05, 4.69) is 10.3 Å². The first-order valence-electron chi connectivity index (χ1n) is 9.18. The number of thiophene rings is 1. The van der Waals surface area contributed by atoms with E-state index in [-0.39, 0.29) is 27.3 Å². The number of rotatable bonds is 6. The summed E-state index contributed by atoms with van der Waals surface area (Å²) >= 11 is 7.48. The van der Waals surface area contributed by atoms with E-state index in [1.54, 1.807) is 30.6 Å². The van der Waals surface area contributed by atoms with Gasteiger partial charge in [-0.05, 0) is 47.3 Å². The highest BCUT2D eigenvalue weighted by atomic mass is 35.5. The van der Waals surface area contributed by atoms with Gasteiger partial charge in [0.2, 0.25) is 9.84 Å². The van der Waals surface area contributed by atoms with Gasteiger partial charge in [-0.15, -0.1) is 11.3 Å². The zero-order valence-corrected chi connectivity index (χ0v) is 18.7. The first-order valence-corrected chi connectivity index (χ1v) is 11.9. The minimum Gasteiger partial charge on any atom is -0.497 e. The standard InChI is InChI=1S/C22H17ClN2O4S2/c1-29-16-4-7-18(23)21(11-16)31(27,28)17-5-2-14(3-6-17)12-25-22(26)19-10-15-8-9-24-13-20(15)30-19/h2-11,13H,12H2,1H3,(H,25,26). The van der Waals surface area contributed by atoms with Gasteiger partial charge in [-0.2, -0.15) is 0 Å². The number of ether oxygens (including phenoxy) is 1. The first kappa shape index (κ1) is 21.3. The van der Waals surface area contributed by atoms with Crippen molar-refractivity contribution in [3.05, 3.63) is 82.5 Å². The van der Waals surface area contributed by atoms with Crippen LogP contribution in [0, 0.1) is 0 Å². The lowest BCUT2D eigenvalue weighted by Crippen LogP contribution is -2.21. The minimum atomic E-state index is -3.81. The van der Waals surface area contributed by atoms with Crippen LogP contribution < -0.4 is 10.1 Å². The molecule has 1 N–H and O–H groups in total. The lowest BCUT2D eigenvalue weighted by molar-refractivity contribution is 0.0955. The van der Waals surface area contributed by atoms with Crippen molar-refractivity contribution in [2.75, 3.05) is 7.11 Å². The van der Waals surface area contributed by atoms with Crippen LogP contribution in [0.3, 0.4) is 0 Å². The molecule has 0 saturated heterocycles. The molecule has 0 aliphatic heterocycles. The van der Waals surface area contributed by atoms with Gasteiger partial charge in [0.1, 0.15) is 5.75 Å². The Kier molecular flexibility index (Phi) is 5.95. The molecule has 2 aromatic heterocycles. The van der Waals surface area contributed by atoms with Gasteiger partial charge in [0.15, 0.2) is 0 Å². The van der Waals surface area contributed by atoms with Crippen molar-refractivity contribution in [1.82, 2.24) is 10.3 Å². The van der Waals surface area contributed by atoms with Crippen LogP contribution in [0.15, 0.2) is 76.8 Å². The number of carbonyl (C=O) groups is 1. The van der Waals surface area contributed by atoms with Crippen molar-refractivity contribution in [2.24, 2.45) is 0 Å². The number of halogens is 1. The van der Waals surface area contributed by atoms with Crippen LogP contribution in [0.5, 0.6) is 5.75 Å². The average Bonchev–Trinajstić information content (AvgIpc) is 3.22. The Morgan fingerprint density at radius 2 is 1.90 bits per heavy atom. The van der Waals surface area contributed by atoms with Crippen molar-refractivity contribution >= 4 is 48.8 Å². The quantitative estimate of drug-likeness (QED) is 0.439. The molecule has 0 aliphatic carbocycles. The fourth-order valence-electron chi connectivity index (χ4n) is 3.00. The molecule has 2 heterocycles. The molecule has 0 fully saturated rings. The number of nitrogens with zero attached hydrogens (tertiary/aromatic N) is 1. The Morgan fingerprint density at radius 1 is 1.13 bits per heavy atom. The summed E-state index contributed by atoms with van der Waals surface area (Å²) in [5.74, 6) is 0.209.